The van der Waals surface area contributed by atoms with E-state index < -0.39 is 0 Å². The molecule has 1 saturated heterocycles. The number of esters is 1. The molecular formula is C16H23NO3. The van der Waals surface area contributed by atoms with Gasteiger partial charge < -0.3 is 14.4 Å². The second kappa shape index (κ2) is 6.75. The van der Waals surface area contributed by atoms with Crippen molar-refractivity contribution in [2.24, 2.45) is 5.92 Å². The fourth-order valence-corrected chi connectivity index (χ4v) is 2.87. The second-order valence-electron chi connectivity index (χ2n) is 5.29. The van der Waals surface area contributed by atoms with E-state index in [4.69, 9.17) is 9.47 Å². The van der Waals surface area contributed by atoms with Crippen molar-refractivity contribution < 1.29 is 14.3 Å². The van der Waals surface area contributed by atoms with E-state index in [1.54, 1.807) is 7.11 Å². The third-order valence-electron chi connectivity index (χ3n) is 3.93. The zero-order valence-electron chi connectivity index (χ0n) is 12.5. The minimum atomic E-state index is -0.0965. The van der Waals surface area contributed by atoms with Crippen molar-refractivity contribution in [1.82, 2.24) is 4.90 Å². The number of methoxy groups -OCH3 is 1. The molecule has 1 aromatic carbocycles. The number of hydrogen-bond acceptors (Lipinski definition) is 4. The van der Waals surface area contributed by atoms with Gasteiger partial charge in [0.15, 0.2) is 0 Å². The van der Waals surface area contributed by atoms with E-state index in [0.717, 1.165) is 30.8 Å². The lowest BCUT2D eigenvalue weighted by Crippen LogP contribution is -2.41. The first-order chi connectivity index (χ1) is 9.65. The van der Waals surface area contributed by atoms with Gasteiger partial charge in [-0.1, -0.05) is 12.1 Å². The molecule has 4 nitrogen and oxygen atoms in total. The summed E-state index contributed by atoms with van der Waals surface area (Å²) >= 11 is 0. The molecule has 0 aliphatic carbocycles. The molecule has 0 amide bonds. The molecule has 1 fully saturated rings. The first kappa shape index (κ1) is 14.9. The molecule has 20 heavy (non-hydrogen) atoms. The maximum atomic E-state index is 12.2. The highest BCUT2D eigenvalue weighted by Gasteiger charge is 2.35. The van der Waals surface area contributed by atoms with Crippen LogP contribution >= 0.6 is 0 Å². The van der Waals surface area contributed by atoms with E-state index in [2.05, 4.69) is 11.0 Å². The Balaban J connectivity index is 2.23. The van der Waals surface area contributed by atoms with Gasteiger partial charge in [-0.05, 0) is 50.6 Å². The molecule has 2 rings (SSSR count). The van der Waals surface area contributed by atoms with Crippen LogP contribution in [-0.2, 0) is 9.53 Å². The zero-order valence-corrected chi connectivity index (χ0v) is 12.5. The summed E-state index contributed by atoms with van der Waals surface area (Å²) in [6.07, 6.45) is 0.965. The van der Waals surface area contributed by atoms with Crippen LogP contribution in [0.2, 0.25) is 0 Å². The number of piperidine rings is 1. The summed E-state index contributed by atoms with van der Waals surface area (Å²) in [5, 5.41) is 0. The Morgan fingerprint density at radius 1 is 1.45 bits per heavy atom. The van der Waals surface area contributed by atoms with Crippen LogP contribution in [0.15, 0.2) is 24.3 Å². The van der Waals surface area contributed by atoms with Crippen LogP contribution < -0.4 is 4.74 Å². The van der Waals surface area contributed by atoms with Crippen molar-refractivity contribution in [1.29, 1.82) is 0 Å². The van der Waals surface area contributed by atoms with E-state index >= 15 is 0 Å². The van der Waals surface area contributed by atoms with Crippen molar-refractivity contribution in [3.8, 4) is 5.75 Å². The molecular weight excluding hydrogens is 254 g/mol. The number of carbonyl (C=O) groups excluding carboxylic acids is 1. The van der Waals surface area contributed by atoms with Crippen molar-refractivity contribution in [3.63, 3.8) is 0 Å². The van der Waals surface area contributed by atoms with Crippen LogP contribution in [0.1, 0.15) is 24.8 Å². The smallest absolute Gasteiger partial charge is 0.310 e. The molecule has 2 unspecified atom stereocenters. The van der Waals surface area contributed by atoms with Crippen LogP contribution in [0, 0.1) is 5.92 Å². The van der Waals surface area contributed by atoms with E-state index in [0.29, 0.717) is 6.61 Å². The highest BCUT2D eigenvalue weighted by molar-refractivity contribution is 5.74. The number of hydrogen-bond donors (Lipinski definition) is 0. The van der Waals surface area contributed by atoms with Crippen LogP contribution in [0.5, 0.6) is 5.75 Å². The maximum absolute atomic E-state index is 12.2. The monoisotopic (exact) mass is 277 g/mol. The molecule has 2 atom stereocenters. The Bertz CT molecular complexity index is 461. The molecule has 1 aliphatic rings. The average Bonchev–Trinajstić information content (AvgIpc) is 2.47. The quantitative estimate of drug-likeness (QED) is 0.792. The molecule has 1 aromatic rings. The van der Waals surface area contributed by atoms with Crippen LogP contribution in [0.25, 0.3) is 0 Å². The van der Waals surface area contributed by atoms with Crippen molar-refractivity contribution in [2.45, 2.75) is 19.3 Å². The summed E-state index contributed by atoms with van der Waals surface area (Å²) in [6, 6.07) is 8.01. The normalized spacial score (nSPS) is 23.4. The summed E-state index contributed by atoms with van der Waals surface area (Å²) in [5.41, 5.74) is 1.16. The Labute approximate surface area is 120 Å². The highest BCUT2D eigenvalue weighted by Crippen LogP contribution is 2.34. The maximum Gasteiger partial charge on any atom is 0.310 e. The third-order valence-corrected chi connectivity index (χ3v) is 3.93. The SMILES string of the molecule is CCOC(=O)C1CN(C)CCC1c1cccc(OC)c1. The summed E-state index contributed by atoms with van der Waals surface area (Å²) in [7, 11) is 3.71. The molecule has 4 heteroatoms. The number of rotatable bonds is 4. The first-order valence-electron chi connectivity index (χ1n) is 7.14. The lowest BCUT2D eigenvalue weighted by molar-refractivity contribution is -0.150. The summed E-state index contributed by atoms with van der Waals surface area (Å²) in [6.45, 7) is 4.04. The van der Waals surface area contributed by atoms with Crippen LogP contribution in [0.4, 0.5) is 0 Å². The molecule has 0 radical (unpaired) electrons. The number of ether oxygens (including phenoxy) is 2. The molecule has 0 aromatic heterocycles. The Morgan fingerprint density at radius 3 is 2.95 bits per heavy atom. The van der Waals surface area contributed by atoms with Gasteiger partial charge in [0.2, 0.25) is 0 Å². The Morgan fingerprint density at radius 2 is 2.25 bits per heavy atom. The summed E-state index contributed by atoms with van der Waals surface area (Å²) < 4.78 is 10.5. The summed E-state index contributed by atoms with van der Waals surface area (Å²) in [4.78, 5) is 14.4. The van der Waals surface area contributed by atoms with Gasteiger partial charge in [0.25, 0.3) is 0 Å². The summed E-state index contributed by atoms with van der Waals surface area (Å²) in [5.74, 6) is 0.858. The lowest BCUT2D eigenvalue weighted by atomic mass is 9.80. The predicted octanol–water partition coefficient (Wildman–Crippen LogP) is 2.29. The molecule has 1 heterocycles. The van der Waals surface area contributed by atoms with Gasteiger partial charge in [0.05, 0.1) is 19.6 Å². The fourth-order valence-electron chi connectivity index (χ4n) is 2.87. The van der Waals surface area contributed by atoms with E-state index in [-0.39, 0.29) is 17.8 Å². The lowest BCUT2D eigenvalue weighted by Gasteiger charge is -2.35. The van der Waals surface area contributed by atoms with Crippen molar-refractivity contribution in [2.75, 3.05) is 33.9 Å². The Hall–Kier alpha value is -1.55. The largest absolute Gasteiger partial charge is 0.497 e. The van der Waals surface area contributed by atoms with Crippen molar-refractivity contribution in [3.05, 3.63) is 29.8 Å². The van der Waals surface area contributed by atoms with E-state index in [1.165, 1.54) is 0 Å². The van der Waals surface area contributed by atoms with E-state index in [1.807, 2.05) is 32.2 Å². The number of carbonyl (C=O) groups is 1. The number of likely N-dealkylation sites (tertiary alicyclic amines) is 1. The molecule has 0 spiro atoms. The molecule has 0 saturated carbocycles. The van der Waals surface area contributed by atoms with Crippen LogP contribution in [0.3, 0.4) is 0 Å². The van der Waals surface area contributed by atoms with E-state index in [9.17, 15) is 4.79 Å². The highest BCUT2D eigenvalue weighted by atomic mass is 16.5. The van der Waals surface area contributed by atoms with Gasteiger partial charge in [0, 0.05) is 6.54 Å². The Kier molecular flexibility index (Phi) is 5.01. The third kappa shape index (κ3) is 3.31. The zero-order chi connectivity index (χ0) is 14.5. The van der Waals surface area contributed by atoms with Gasteiger partial charge >= 0.3 is 5.97 Å². The fraction of sp³-hybridized carbons (Fsp3) is 0.562. The predicted molar refractivity (Wildman–Crippen MR) is 78.0 cm³/mol. The molecule has 0 bridgehead atoms. The minimum Gasteiger partial charge on any atom is -0.497 e. The molecule has 1 aliphatic heterocycles. The topological polar surface area (TPSA) is 38.8 Å². The van der Waals surface area contributed by atoms with Gasteiger partial charge in [-0.3, -0.25) is 4.79 Å². The molecule has 110 valence electrons. The standard InChI is InChI=1S/C16H23NO3/c1-4-20-16(18)15-11-17(2)9-8-14(15)12-6-5-7-13(10-12)19-3/h5-7,10,14-15H,4,8-9,11H2,1-3H3. The molecule has 0 N–H and O–H groups in total. The van der Waals surface area contributed by atoms with Crippen molar-refractivity contribution >= 4 is 5.97 Å². The average molecular weight is 277 g/mol. The number of nitrogens with zero attached hydrogens (tertiary/aromatic N) is 1. The van der Waals surface area contributed by atoms with Gasteiger partial charge in [-0.15, -0.1) is 0 Å². The van der Waals surface area contributed by atoms with Crippen LogP contribution in [-0.4, -0.2) is 44.7 Å². The van der Waals surface area contributed by atoms with Gasteiger partial charge in [-0.25, -0.2) is 0 Å². The second-order valence-corrected chi connectivity index (χ2v) is 5.29. The number of benzene rings is 1. The van der Waals surface area contributed by atoms with Gasteiger partial charge in [-0.2, -0.15) is 0 Å². The van der Waals surface area contributed by atoms with Gasteiger partial charge in [0.1, 0.15) is 5.75 Å². The minimum absolute atomic E-state index is 0.0909. The first-order valence-corrected chi connectivity index (χ1v) is 7.14.